The molecule has 9 heteroatoms. The van der Waals surface area contributed by atoms with Gasteiger partial charge < -0.3 is 5.32 Å². The summed E-state index contributed by atoms with van der Waals surface area (Å²) in [6.45, 7) is -0.178. The highest BCUT2D eigenvalue weighted by atomic mass is 32.2. The van der Waals surface area contributed by atoms with Crippen molar-refractivity contribution in [2.45, 2.75) is 10.1 Å². The minimum Gasteiger partial charge on any atom is -0.349 e. The summed E-state index contributed by atoms with van der Waals surface area (Å²) in [5, 5.41) is 7.33. The lowest BCUT2D eigenvalue weighted by Gasteiger charge is -2.18. The quantitative estimate of drug-likeness (QED) is 0.656. The molecular weight excluding hydrogens is 368 g/mol. The number of amides is 1. The number of nitrogens with zero attached hydrogens (tertiary/aromatic N) is 2. The summed E-state index contributed by atoms with van der Waals surface area (Å²) in [6, 6.07) is 13.7. The fourth-order valence-corrected chi connectivity index (χ4v) is 4.16. The maximum atomic E-state index is 13.1. The first kappa shape index (κ1) is 18.5. The second-order valence-corrected chi connectivity index (χ2v) is 7.78. The normalized spacial score (nSPS) is 12.3. The lowest BCUT2D eigenvalue weighted by Crippen LogP contribution is -2.33. The highest BCUT2D eigenvalue weighted by Gasteiger charge is 2.30. The molecule has 1 aromatic carbocycles. The van der Waals surface area contributed by atoms with Crippen molar-refractivity contribution in [1.29, 1.82) is 0 Å². The molecule has 8 nitrogen and oxygen atoms in total. The van der Waals surface area contributed by atoms with E-state index in [1.165, 1.54) is 30.5 Å². The number of aromatic nitrogens is 3. The molecule has 0 saturated heterocycles. The van der Waals surface area contributed by atoms with Crippen LogP contribution in [0.25, 0.3) is 0 Å². The standard InChI is InChI=1S/C18H16N4O4S/c23-17-9-8-15(21-22-17)18(24)20-12-16(13-5-4-10-19-11-13)27(25,26)14-6-2-1-3-7-14/h1-11,16H,12H2,(H,20,24)(H,22,23)/t16-/m1/s1. The van der Waals surface area contributed by atoms with Crippen LogP contribution in [-0.4, -0.2) is 36.1 Å². The Morgan fingerprint density at radius 1 is 1.07 bits per heavy atom. The van der Waals surface area contributed by atoms with E-state index in [4.69, 9.17) is 0 Å². The summed E-state index contributed by atoms with van der Waals surface area (Å²) in [5.41, 5.74) is -0.000770. The Hall–Kier alpha value is -3.33. The lowest BCUT2D eigenvalue weighted by molar-refractivity contribution is 0.0947. The molecule has 27 heavy (non-hydrogen) atoms. The monoisotopic (exact) mass is 384 g/mol. The molecule has 1 atom stereocenters. The van der Waals surface area contributed by atoms with E-state index in [1.54, 1.807) is 36.5 Å². The minimum atomic E-state index is -3.77. The Kier molecular flexibility index (Phi) is 5.41. The van der Waals surface area contributed by atoms with Gasteiger partial charge in [-0.25, -0.2) is 13.5 Å². The van der Waals surface area contributed by atoms with Crippen molar-refractivity contribution in [1.82, 2.24) is 20.5 Å². The van der Waals surface area contributed by atoms with Crippen molar-refractivity contribution < 1.29 is 13.2 Å². The van der Waals surface area contributed by atoms with Gasteiger partial charge in [0.15, 0.2) is 9.84 Å². The second-order valence-electron chi connectivity index (χ2n) is 5.65. The van der Waals surface area contributed by atoms with Crippen LogP contribution in [0.2, 0.25) is 0 Å². The third kappa shape index (κ3) is 4.26. The smallest absolute Gasteiger partial charge is 0.271 e. The molecule has 2 N–H and O–H groups in total. The van der Waals surface area contributed by atoms with E-state index >= 15 is 0 Å². The first-order valence-corrected chi connectivity index (χ1v) is 9.56. The summed E-state index contributed by atoms with van der Waals surface area (Å²) in [4.78, 5) is 27.4. The average Bonchev–Trinajstić information content (AvgIpc) is 2.70. The van der Waals surface area contributed by atoms with Crippen LogP contribution in [0, 0.1) is 0 Å². The van der Waals surface area contributed by atoms with Crippen molar-refractivity contribution in [3.05, 3.63) is 88.6 Å². The predicted octanol–water partition coefficient (Wildman–Crippen LogP) is 1.11. The van der Waals surface area contributed by atoms with Gasteiger partial charge in [0.2, 0.25) is 0 Å². The van der Waals surface area contributed by atoms with Gasteiger partial charge in [-0.2, -0.15) is 5.10 Å². The molecule has 2 heterocycles. The molecule has 2 aromatic heterocycles. The highest BCUT2D eigenvalue weighted by molar-refractivity contribution is 7.91. The van der Waals surface area contributed by atoms with Gasteiger partial charge in [-0.15, -0.1) is 0 Å². The summed E-state index contributed by atoms with van der Waals surface area (Å²) < 4.78 is 26.2. The van der Waals surface area contributed by atoms with Gasteiger partial charge in [0.25, 0.3) is 11.5 Å². The summed E-state index contributed by atoms with van der Waals surface area (Å²) >= 11 is 0. The predicted molar refractivity (Wildman–Crippen MR) is 97.8 cm³/mol. The average molecular weight is 384 g/mol. The number of hydrogen-bond acceptors (Lipinski definition) is 6. The fraction of sp³-hybridized carbons (Fsp3) is 0.111. The first-order valence-electron chi connectivity index (χ1n) is 8.01. The van der Waals surface area contributed by atoms with Gasteiger partial charge in [-0.1, -0.05) is 24.3 Å². The largest absolute Gasteiger partial charge is 0.349 e. The zero-order chi connectivity index (χ0) is 19.3. The molecule has 0 radical (unpaired) electrons. The van der Waals surface area contributed by atoms with Gasteiger partial charge in [-0.05, 0) is 29.8 Å². The molecule has 0 aliphatic rings. The fourth-order valence-electron chi connectivity index (χ4n) is 2.49. The van der Waals surface area contributed by atoms with E-state index in [1.807, 2.05) is 0 Å². The van der Waals surface area contributed by atoms with Gasteiger partial charge in [0.1, 0.15) is 10.9 Å². The Bertz CT molecular complexity index is 1060. The van der Waals surface area contributed by atoms with Crippen molar-refractivity contribution in [3.63, 3.8) is 0 Å². The molecule has 1 amide bonds. The van der Waals surface area contributed by atoms with E-state index in [2.05, 4.69) is 20.5 Å². The van der Waals surface area contributed by atoms with Crippen LogP contribution in [0.5, 0.6) is 0 Å². The number of hydrogen-bond donors (Lipinski definition) is 2. The minimum absolute atomic E-state index is 0.0170. The van der Waals surface area contributed by atoms with E-state index in [0.29, 0.717) is 5.56 Å². The number of carbonyl (C=O) groups excluding carboxylic acids is 1. The number of rotatable bonds is 6. The number of benzene rings is 1. The first-order chi connectivity index (χ1) is 13.0. The van der Waals surface area contributed by atoms with Gasteiger partial charge in [0, 0.05) is 25.0 Å². The summed E-state index contributed by atoms with van der Waals surface area (Å²) in [6.07, 6.45) is 2.99. The molecular formula is C18H16N4O4S. The third-order valence-electron chi connectivity index (χ3n) is 3.86. The number of carbonyl (C=O) groups is 1. The van der Waals surface area contributed by atoms with E-state index in [-0.39, 0.29) is 17.1 Å². The molecule has 0 saturated carbocycles. The molecule has 0 spiro atoms. The van der Waals surface area contributed by atoms with Gasteiger partial charge in [0.05, 0.1) is 4.90 Å². The molecule has 0 unspecified atom stereocenters. The topological polar surface area (TPSA) is 122 Å². The molecule has 0 bridgehead atoms. The molecule has 0 fully saturated rings. The van der Waals surface area contributed by atoms with E-state index in [0.717, 1.165) is 0 Å². The Labute approximate surface area is 155 Å². The van der Waals surface area contributed by atoms with Crippen LogP contribution in [0.1, 0.15) is 21.3 Å². The van der Waals surface area contributed by atoms with Gasteiger partial charge in [-0.3, -0.25) is 14.6 Å². The second kappa shape index (κ2) is 7.92. The zero-order valence-corrected chi connectivity index (χ0v) is 14.9. The molecule has 3 aromatic rings. The van der Waals surface area contributed by atoms with Crippen molar-refractivity contribution >= 4 is 15.7 Å². The lowest BCUT2D eigenvalue weighted by atomic mass is 10.2. The number of H-pyrrole nitrogens is 1. The van der Waals surface area contributed by atoms with Crippen molar-refractivity contribution in [2.24, 2.45) is 0 Å². The maximum absolute atomic E-state index is 13.1. The van der Waals surface area contributed by atoms with Crippen LogP contribution in [-0.2, 0) is 9.84 Å². The van der Waals surface area contributed by atoms with E-state index in [9.17, 15) is 18.0 Å². The molecule has 0 aliphatic heterocycles. The summed E-state index contributed by atoms with van der Waals surface area (Å²) in [5.74, 6) is -0.594. The van der Waals surface area contributed by atoms with Crippen LogP contribution < -0.4 is 10.9 Å². The Morgan fingerprint density at radius 2 is 1.85 bits per heavy atom. The number of nitrogens with one attached hydrogen (secondary N) is 2. The maximum Gasteiger partial charge on any atom is 0.271 e. The van der Waals surface area contributed by atoms with Crippen LogP contribution >= 0.6 is 0 Å². The number of sulfone groups is 1. The Morgan fingerprint density at radius 3 is 2.48 bits per heavy atom. The SMILES string of the molecule is O=C(NC[C@H](c1cccnc1)S(=O)(=O)c1ccccc1)c1ccc(=O)[nH]n1. The van der Waals surface area contributed by atoms with Gasteiger partial charge >= 0.3 is 0 Å². The zero-order valence-electron chi connectivity index (χ0n) is 14.1. The van der Waals surface area contributed by atoms with Crippen LogP contribution in [0.15, 0.2) is 76.7 Å². The van der Waals surface area contributed by atoms with Crippen molar-refractivity contribution in [2.75, 3.05) is 6.54 Å². The molecule has 138 valence electrons. The third-order valence-corrected chi connectivity index (χ3v) is 5.98. The molecule has 3 rings (SSSR count). The number of aromatic amines is 1. The van der Waals surface area contributed by atoms with Crippen molar-refractivity contribution in [3.8, 4) is 0 Å². The van der Waals surface area contributed by atoms with E-state index < -0.39 is 26.6 Å². The molecule has 0 aliphatic carbocycles. The highest BCUT2D eigenvalue weighted by Crippen LogP contribution is 2.27. The van der Waals surface area contributed by atoms with Crippen LogP contribution in [0.3, 0.4) is 0 Å². The van der Waals surface area contributed by atoms with Crippen LogP contribution in [0.4, 0.5) is 0 Å². The summed E-state index contributed by atoms with van der Waals surface area (Å²) in [7, 11) is -3.77. The number of pyridine rings is 1. The Balaban J connectivity index is 1.88.